The minimum Gasteiger partial charge on any atom is -0.478 e. The lowest BCUT2D eigenvalue weighted by Gasteiger charge is -2.20. The number of nitrogens with two attached hydrogens (primary N) is 1. The van der Waals surface area contributed by atoms with E-state index < -0.39 is 17.8 Å². The molecule has 0 amide bonds. The molecule has 1 aromatic carbocycles. The molecule has 0 bridgehead atoms. The highest BCUT2D eigenvalue weighted by molar-refractivity contribution is 9.10. The van der Waals surface area contributed by atoms with Gasteiger partial charge in [-0.25, -0.2) is 19.1 Å². The second-order valence-corrected chi connectivity index (χ2v) is 7.86. The van der Waals surface area contributed by atoms with Crippen LogP contribution in [0.25, 0.3) is 0 Å². The Balaban J connectivity index is 0.000000248. The second kappa shape index (κ2) is 9.92. The summed E-state index contributed by atoms with van der Waals surface area (Å²) in [6.45, 7) is 5.53. The number of carbonyl (C=O) groups is 1. The Morgan fingerprint density at radius 1 is 1.40 bits per heavy atom. The molecule has 0 aliphatic rings. The van der Waals surface area contributed by atoms with Crippen LogP contribution in [0.1, 0.15) is 51.8 Å². The number of rotatable bonds is 4. The number of carboxylic acids is 1. The monoisotopic (exact) mass is 498 g/mol. The highest BCUT2D eigenvalue weighted by atomic mass is 79.9. The van der Waals surface area contributed by atoms with Gasteiger partial charge >= 0.3 is 11.7 Å². The van der Waals surface area contributed by atoms with Gasteiger partial charge in [-0.05, 0) is 58.6 Å². The molecular formula is C19H20BrFN4O4S. The molecule has 0 aliphatic heterocycles. The zero-order valence-corrected chi connectivity index (χ0v) is 18.7. The Bertz CT molecular complexity index is 1170. The molecule has 0 saturated heterocycles. The van der Waals surface area contributed by atoms with Crippen LogP contribution in [0, 0.1) is 24.3 Å². The van der Waals surface area contributed by atoms with E-state index in [0.29, 0.717) is 10.0 Å². The van der Waals surface area contributed by atoms with Gasteiger partial charge in [0.15, 0.2) is 0 Å². The molecule has 160 valence electrons. The maximum Gasteiger partial charge on any atom is 0.434 e. The van der Waals surface area contributed by atoms with Crippen molar-refractivity contribution in [2.45, 2.75) is 32.7 Å². The normalized spacial score (nSPS) is 12.6. The summed E-state index contributed by atoms with van der Waals surface area (Å²) in [7, 11) is 0. The molecule has 2 unspecified atom stereocenters. The van der Waals surface area contributed by atoms with Crippen LogP contribution in [0.5, 0.6) is 0 Å². The van der Waals surface area contributed by atoms with Crippen molar-refractivity contribution in [3.05, 3.63) is 78.0 Å². The molecule has 2 atom stereocenters. The fourth-order valence-corrected chi connectivity index (χ4v) is 3.31. The number of benzene rings is 1. The zero-order chi connectivity index (χ0) is 22.6. The van der Waals surface area contributed by atoms with Crippen molar-refractivity contribution in [2.24, 2.45) is 5.73 Å². The van der Waals surface area contributed by atoms with Crippen LogP contribution in [-0.4, -0.2) is 26.3 Å². The number of carboxylic acid groups (broad SMARTS) is 1. The van der Waals surface area contributed by atoms with Gasteiger partial charge in [-0.1, -0.05) is 25.2 Å². The number of aryl methyl sites for hydroxylation is 1. The molecule has 0 saturated carbocycles. The Morgan fingerprint density at radius 2 is 2.07 bits per heavy atom. The lowest BCUT2D eigenvalue weighted by Crippen LogP contribution is -2.20. The molecular weight excluding hydrogens is 479 g/mol. The first-order chi connectivity index (χ1) is 14.0. The van der Waals surface area contributed by atoms with Gasteiger partial charge in [0.25, 0.3) is 0 Å². The van der Waals surface area contributed by atoms with E-state index in [1.54, 1.807) is 19.2 Å². The number of pyridine rings is 1. The van der Waals surface area contributed by atoms with Gasteiger partial charge in [0.05, 0.1) is 11.6 Å². The zero-order valence-electron chi connectivity index (χ0n) is 16.3. The van der Waals surface area contributed by atoms with E-state index in [1.165, 1.54) is 12.1 Å². The van der Waals surface area contributed by atoms with E-state index in [0.717, 1.165) is 11.1 Å². The largest absolute Gasteiger partial charge is 0.478 e. The van der Waals surface area contributed by atoms with Gasteiger partial charge in [-0.15, -0.1) is 5.10 Å². The average Bonchev–Trinajstić information content (AvgIpc) is 3.13. The highest BCUT2D eigenvalue weighted by Gasteiger charge is 2.25. The van der Waals surface area contributed by atoms with Crippen LogP contribution in [0.15, 0.2) is 38.1 Å². The van der Waals surface area contributed by atoms with Gasteiger partial charge in [0, 0.05) is 16.6 Å². The number of aromatic amines is 2. The van der Waals surface area contributed by atoms with Crippen molar-refractivity contribution in [2.75, 3.05) is 0 Å². The minimum atomic E-state index is -1.02. The molecule has 3 aromatic rings. The number of H-pyrrole nitrogens is 2. The molecule has 11 heteroatoms. The number of nitrogens with zero attached hydrogens (tertiary/aromatic N) is 1. The summed E-state index contributed by atoms with van der Waals surface area (Å²) in [6, 6.07) is 3.91. The van der Waals surface area contributed by atoms with E-state index >= 15 is 0 Å². The second-order valence-electron chi connectivity index (χ2n) is 6.53. The maximum atomic E-state index is 14.0. The molecule has 2 heterocycles. The van der Waals surface area contributed by atoms with Gasteiger partial charge in [0.1, 0.15) is 10.5 Å². The van der Waals surface area contributed by atoms with Crippen molar-refractivity contribution in [1.82, 2.24) is 15.2 Å². The summed E-state index contributed by atoms with van der Waals surface area (Å²) in [6.07, 6.45) is 1.59. The summed E-state index contributed by atoms with van der Waals surface area (Å²) < 4.78 is 19.7. The molecule has 5 N–H and O–H groups in total. The fourth-order valence-electron chi connectivity index (χ4n) is 2.76. The van der Waals surface area contributed by atoms with E-state index in [1.807, 2.05) is 13.8 Å². The van der Waals surface area contributed by atoms with Crippen LogP contribution in [0.4, 0.5) is 4.39 Å². The first kappa shape index (κ1) is 23.6. The van der Waals surface area contributed by atoms with Crippen LogP contribution < -0.4 is 11.5 Å². The molecule has 3 rings (SSSR count). The van der Waals surface area contributed by atoms with E-state index in [2.05, 4.69) is 31.1 Å². The number of hydrogen-bond donors (Lipinski definition) is 4. The first-order valence-corrected chi connectivity index (χ1v) is 9.91. The Kier molecular flexibility index (Phi) is 7.82. The summed E-state index contributed by atoms with van der Waals surface area (Å²) in [5.74, 6) is -2.28. The SMILES string of the molecule is Cc1ccc(F)c(C(C)C(N)c2n[nH]c(=O)o2)c1C.O=C(O)c1cc(Br)c[nH]c1=S. The lowest BCUT2D eigenvalue weighted by atomic mass is 9.88. The van der Waals surface area contributed by atoms with Crippen LogP contribution in [-0.2, 0) is 0 Å². The van der Waals surface area contributed by atoms with Gasteiger partial charge in [0.2, 0.25) is 5.89 Å². The summed E-state index contributed by atoms with van der Waals surface area (Å²) >= 11 is 7.85. The Labute approximate surface area is 184 Å². The van der Waals surface area contributed by atoms with Crippen molar-refractivity contribution in [3.63, 3.8) is 0 Å². The predicted octanol–water partition coefficient (Wildman–Crippen LogP) is 4.13. The third-order valence-corrected chi connectivity index (χ3v) is 5.36. The third-order valence-electron chi connectivity index (χ3n) is 4.56. The van der Waals surface area contributed by atoms with Crippen molar-refractivity contribution >= 4 is 34.1 Å². The third kappa shape index (κ3) is 5.49. The number of aromatic carboxylic acids is 1. The Hall–Kier alpha value is -2.63. The highest BCUT2D eigenvalue weighted by Crippen LogP contribution is 2.32. The number of nitrogens with one attached hydrogen (secondary N) is 2. The molecule has 8 nitrogen and oxygen atoms in total. The van der Waals surface area contributed by atoms with Gasteiger partial charge < -0.3 is 20.2 Å². The first-order valence-electron chi connectivity index (χ1n) is 8.71. The van der Waals surface area contributed by atoms with Crippen molar-refractivity contribution in [1.29, 1.82) is 0 Å². The summed E-state index contributed by atoms with van der Waals surface area (Å²) in [5.41, 5.74) is 8.46. The molecule has 0 spiro atoms. The van der Waals surface area contributed by atoms with Crippen LogP contribution in [0.2, 0.25) is 0 Å². The molecule has 0 aliphatic carbocycles. The van der Waals surface area contributed by atoms with Crippen molar-refractivity contribution < 1.29 is 18.7 Å². The quantitative estimate of drug-likeness (QED) is 0.396. The van der Waals surface area contributed by atoms with Crippen LogP contribution in [0.3, 0.4) is 0 Å². The Morgan fingerprint density at radius 3 is 2.60 bits per heavy atom. The number of aromatic nitrogens is 3. The molecule has 0 radical (unpaired) electrons. The summed E-state index contributed by atoms with van der Waals surface area (Å²) in [5, 5.41) is 14.4. The minimum absolute atomic E-state index is 0.0813. The number of halogens is 2. The van der Waals surface area contributed by atoms with E-state index in [4.69, 9.17) is 27.5 Å². The van der Waals surface area contributed by atoms with E-state index in [-0.39, 0.29) is 27.8 Å². The topological polar surface area (TPSA) is 138 Å². The molecule has 0 fully saturated rings. The lowest BCUT2D eigenvalue weighted by molar-refractivity contribution is 0.0695. The van der Waals surface area contributed by atoms with Crippen molar-refractivity contribution in [3.8, 4) is 0 Å². The summed E-state index contributed by atoms with van der Waals surface area (Å²) in [4.78, 5) is 24.0. The van der Waals surface area contributed by atoms with Crippen LogP contribution >= 0.6 is 28.1 Å². The average molecular weight is 499 g/mol. The smallest absolute Gasteiger partial charge is 0.434 e. The molecule has 2 aromatic heterocycles. The number of hydrogen-bond acceptors (Lipinski definition) is 6. The predicted molar refractivity (Wildman–Crippen MR) is 115 cm³/mol. The maximum absolute atomic E-state index is 14.0. The van der Waals surface area contributed by atoms with E-state index in [9.17, 15) is 14.0 Å². The standard InChI is InChI=1S/C13H16FN3O2.C6H4BrNO2S/c1-6-4-5-9(14)10(7(6)2)8(3)11(15)12-16-17-13(18)19-12;7-3-1-4(6(9)10)5(11)8-2-3/h4-5,8,11H,15H2,1-3H3,(H,17,18);1-2H,(H,8,11)(H,9,10). The van der Waals surface area contributed by atoms with Gasteiger partial charge in [-0.3, -0.25) is 0 Å². The molecule has 30 heavy (non-hydrogen) atoms. The van der Waals surface area contributed by atoms with Gasteiger partial charge in [-0.2, -0.15) is 0 Å². The fraction of sp³-hybridized carbons (Fsp3) is 0.263.